The van der Waals surface area contributed by atoms with Gasteiger partial charge in [-0.15, -0.1) is 0 Å². The van der Waals surface area contributed by atoms with Crippen LogP contribution in [0.3, 0.4) is 0 Å². The zero-order valence-electron chi connectivity index (χ0n) is 8.70. The van der Waals surface area contributed by atoms with Crippen LogP contribution in [-0.2, 0) is 9.84 Å². The summed E-state index contributed by atoms with van der Waals surface area (Å²) < 4.78 is 23.4. The predicted octanol–water partition coefficient (Wildman–Crippen LogP) is 2.93. The Labute approximate surface area is 104 Å². The van der Waals surface area contributed by atoms with E-state index in [1.807, 2.05) is 12.1 Å². The Morgan fingerprint density at radius 3 is 2.27 bits per heavy atom. The fourth-order valence-corrected chi connectivity index (χ4v) is 1.99. The quantitative estimate of drug-likeness (QED) is 0.628. The van der Waals surface area contributed by atoms with Crippen molar-refractivity contribution in [2.45, 2.75) is 11.8 Å². The van der Waals surface area contributed by atoms with Gasteiger partial charge in [0.2, 0.25) is 0 Å². The van der Waals surface area contributed by atoms with Crippen LogP contribution in [0, 0.1) is 0 Å². The molecule has 1 aromatic carbocycles. The van der Waals surface area contributed by atoms with Gasteiger partial charge >= 0.3 is 0 Å². The normalized spacial score (nSPS) is 12.9. The summed E-state index contributed by atoms with van der Waals surface area (Å²) >= 11 is 2.30. The molecule has 82 valence electrons. The molecule has 0 unspecified atom stereocenters. The van der Waals surface area contributed by atoms with Gasteiger partial charge < -0.3 is 0 Å². The van der Waals surface area contributed by atoms with Crippen LogP contribution >= 0.6 is 22.6 Å². The summed E-state index contributed by atoms with van der Waals surface area (Å²) in [5.41, 5.74) is 2.30. The van der Waals surface area contributed by atoms with E-state index >= 15 is 0 Å². The van der Waals surface area contributed by atoms with Gasteiger partial charge in [-0.1, -0.05) is 46.4 Å². The van der Waals surface area contributed by atoms with Gasteiger partial charge in [0.15, 0.2) is 9.84 Å². The Bertz CT molecular complexity index is 458. The van der Waals surface area contributed by atoms with Crippen molar-refractivity contribution in [1.29, 1.82) is 0 Å². The molecule has 15 heavy (non-hydrogen) atoms. The lowest BCUT2D eigenvalue weighted by Gasteiger charge is -2.00. The summed E-state index contributed by atoms with van der Waals surface area (Å²) in [7, 11) is -3.08. The summed E-state index contributed by atoms with van der Waals surface area (Å²) in [6, 6.07) is 6.93. The highest BCUT2D eigenvalue weighted by Crippen LogP contribution is 2.13. The standard InChI is InChI=1S/C11H13IO2S/c1-9(8-12)7-10-3-5-11(6-4-10)15(2,13)14/h3-7H,8H2,1-2H3. The van der Waals surface area contributed by atoms with Crippen molar-refractivity contribution in [3.05, 3.63) is 35.4 Å². The number of allylic oxidation sites excluding steroid dienone is 1. The first-order valence-corrected chi connectivity index (χ1v) is 7.88. The molecule has 0 fully saturated rings. The van der Waals surface area contributed by atoms with Crippen LogP contribution in [0.1, 0.15) is 12.5 Å². The second-order valence-electron chi connectivity index (χ2n) is 3.47. The molecule has 2 nitrogen and oxygen atoms in total. The second-order valence-corrected chi connectivity index (χ2v) is 6.24. The monoisotopic (exact) mass is 336 g/mol. The maximum atomic E-state index is 11.2. The first kappa shape index (κ1) is 12.7. The van der Waals surface area contributed by atoms with Crippen molar-refractivity contribution in [3.63, 3.8) is 0 Å². The molecule has 0 heterocycles. The van der Waals surface area contributed by atoms with Crippen LogP contribution in [0.5, 0.6) is 0 Å². The van der Waals surface area contributed by atoms with Gasteiger partial charge in [-0.25, -0.2) is 8.42 Å². The van der Waals surface area contributed by atoms with E-state index in [9.17, 15) is 8.42 Å². The van der Waals surface area contributed by atoms with Gasteiger partial charge in [-0.05, 0) is 24.6 Å². The van der Waals surface area contributed by atoms with E-state index in [0.717, 1.165) is 9.99 Å². The van der Waals surface area contributed by atoms with Gasteiger partial charge in [0.1, 0.15) is 0 Å². The molecule has 0 bridgehead atoms. The average Bonchev–Trinajstić information content (AvgIpc) is 2.17. The lowest BCUT2D eigenvalue weighted by molar-refractivity contribution is 0.602. The minimum atomic E-state index is -3.08. The fraction of sp³-hybridized carbons (Fsp3) is 0.273. The third-order valence-corrected chi connectivity index (χ3v) is 4.26. The van der Waals surface area contributed by atoms with Crippen molar-refractivity contribution in [1.82, 2.24) is 0 Å². The molecule has 0 aliphatic rings. The minimum absolute atomic E-state index is 0.367. The highest BCUT2D eigenvalue weighted by molar-refractivity contribution is 14.1. The molecule has 0 aromatic heterocycles. The minimum Gasteiger partial charge on any atom is -0.224 e. The van der Waals surface area contributed by atoms with Crippen LogP contribution < -0.4 is 0 Å². The Morgan fingerprint density at radius 2 is 1.87 bits per heavy atom. The molecule has 0 spiro atoms. The molecule has 0 aliphatic heterocycles. The summed E-state index contributed by atoms with van der Waals surface area (Å²) in [5.74, 6) is 0. The second kappa shape index (κ2) is 5.12. The third-order valence-electron chi connectivity index (χ3n) is 1.93. The molecular weight excluding hydrogens is 323 g/mol. The summed E-state index contributed by atoms with van der Waals surface area (Å²) in [6.07, 6.45) is 3.27. The molecule has 0 amide bonds. The Morgan fingerprint density at radius 1 is 1.33 bits per heavy atom. The zero-order chi connectivity index (χ0) is 11.5. The molecule has 0 saturated heterocycles. The molecule has 0 saturated carbocycles. The molecule has 0 radical (unpaired) electrons. The van der Waals surface area contributed by atoms with E-state index in [1.54, 1.807) is 12.1 Å². The van der Waals surface area contributed by atoms with E-state index in [4.69, 9.17) is 0 Å². The summed E-state index contributed by atoms with van der Waals surface area (Å²) in [5, 5.41) is 0. The zero-order valence-corrected chi connectivity index (χ0v) is 11.7. The first-order valence-electron chi connectivity index (χ1n) is 4.47. The smallest absolute Gasteiger partial charge is 0.175 e. The SMILES string of the molecule is CC(=Cc1ccc(S(C)(=O)=O)cc1)CI. The average molecular weight is 336 g/mol. The molecule has 1 aromatic rings. The van der Waals surface area contributed by atoms with Crippen LogP contribution in [0.25, 0.3) is 6.08 Å². The van der Waals surface area contributed by atoms with E-state index in [2.05, 4.69) is 35.6 Å². The van der Waals surface area contributed by atoms with Crippen LogP contribution in [0.4, 0.5) is 0 Å². The highest BCUT2D eigenvalue weighted by atomic mass is 127. The number of rotatable bonds is 3. The van der Waals surface area contributed by atoms with E-state index in [0.29, 0.717) is 4.90 Å². The van der Waals surface area contributed by atoms with Crippen molar-refractivity contribution >= 4 is 38.5 Å². The summed E-state index contributed by atoms with van der Waals surface area (Å²) in [6.45, 7) is 2.05. The number of sulfone groups is 1. The Hall–Kier alpha value is -0.360. The third kappa shape index (κ3) is 3.95. The number of alkyl halides is 1. The van der Waals surface area contributed by atoms with Gasteiger partial charge in [-0.3, -0.25) is 0 Å². The Kier molecular flexibility index (Phi) is 4.33. The largest absolute Gasteiger partial charge is 0.224 e. The van der Waals surface area contributed by atoms with Gasteiger partial charge in [0, 0.05) is 10.7 Å². The molecular formula is C11H13IO2S. The number of benzene rings is 1. The lowest BCUT2D eigenvalue weighted by atomic mass is 10.1. The predicted molar refractivity (Wildman–Crippen MR) is 72.1 cm³/mol. The van der Waals surface area contributed by atoms with Gasteiger partial charge in [0.05, 0.1) is 4.90 Å². The van der Waals surface area contributed by atoms with Crippen LogP contribution in [0.2, 0.25) is 0 Å². The molecule has 0 N–H and O–H groups in total. The van der Waals surface area contributed by atoms with Crippen molar-refractivity contribution < 1.29 is 8.42 Å². The molecule has 1 rings (SSSR count). The lowest BCUT2D eigenvalue weighted by Crippen LogP contribution is -1.96. The van der Waals surface area contributed by atoms with Gasteiger partial charge in [0.25, 0.3) is 0 Å². The molecule has 4 heteroatoms. The first-order chi connectivity index (χ1) is 6.93. The molecule has 0 aliphatic carbocycles. The van der Waals surface area contributed by atoms with E-state index in [-0.39, 0.29) is 0 Å². The van der Waals surface area contributed by atoms with Crippen LogP contribution in [-0.4, -0.2) is 19.1 Å². The number of hydrogen-bond donors (Lipinski definition) is 0. The van der Waals surface area contributed by atoms with E-state index < -0.39 is 9.84 Å². The van der Waals surface area contributed by atoms with E-state index in [1.165, 1.54) is 11.8 Å². The Balaban J connectivity index is 3.01. The maximum Gasteiger partial charge on any atom is 0.175 e. The van der Waals surface area contributed by atoms with Crippen molar-refractivity contribution in [3.8, 4) is 0 Å². The number of halogens is 1. The fourth-order valence-electron chi connectivity index (χ4n) is 1.13. The molecule has 0 atom stereocenters. The maximum absolute atomic E-state index is 11.2. The van der Waals surface area contributed by atoms with Crippen LogP contribution in [0.15, 0.2) is 34.7 Å². The summed E-state index contributed by atoms with van der Waals surface area (Å²) in [4.78, 5) is 0.367. The van der Waals surface area contributed by atoms with Crippen molar-refractivity contribution in [2.75, 3.05) is 10.7 Å². The highest BCUT2D eigenvalue weighted by Gasteiger charge is 2.05. The van der Waals surface area contributed by atoms with Gasteiger partial charge in [-0.2, -0.15) is 0 Å². The topological polar surface area (TPSA) is 34.1 Å². The van der Waals surface area contributed by atoms with Crippen molar-refractivity contribution in [2.24, 2.45) is 0 Å². The number of hydrogen-bond acceptors (Lipinski definition) is 2.